The average Bonchev–Trinajstić information content (AvgIpc) is 3.27. The molecule has 0 radical (unpaired) electrons. The summed E-state index contributed by atoms with van der Waals surface area (Å²) in [4.78, 5) is 19.6. The molecule has 4 rings (SSSR count). The summed E-state index contributed by atoms with van der Waals surface area (Å²) in [5, 5.41) is 0. The Morgan fingerprint density at radius 1 is 1.11 bits per heavy atom. The number of unbranched alkanes of at least 4 members (excludes halogenated alkanes) is 1. The van der Waals surface area contributed by atoms with Crippen molar-refractivity contribution in [2.75, 3.05) is 11.4 Å². The SMILES string of the molecule is CCCCc1ccc(N2C[C@@H](c3nc4ccccc4n3C(C)C)CC2=O)cc1. The number of carbonyl (C=O) groups excluding carboxylic acids is 1. The molecule has 28 heavy (non-hydrogen) atoms. The molecule has 0 unspecified atom stereocenters. The molecule has 0 spiro atoms. The summed E-state index contributed by atoms with van der Waals surface area (Å²) in [5.74, 6) is 1.35. The summed E-state index contributed by atoms with van der Waals surface area (Å²) in [6, 6.07) is 17.1. The summed E-state index contributed by atoms with van der Waals surface area (Å²) in [6.45, 7) is 7.27. The van der Waals surface area contributed by atoms with Gasteiger partial charge in [-0.3, -0.25) is 4.79 Å². The van der Waals surface area contributed by atoms with Crippen LogP contribution in [0, 0.1) is 0 Å². The number of anilines is 1. The zero-order valence-corrected chi connectivity index (χ0v) is 17.1. The molecule has 0 aliphatic carbocycles. The van der Waals surface area contributed by atoms with Gasteiger partial charge in [0.2, 0.25) is 5.91 Å². The Balaban J connectivity index is 1.60. The van der Waals surface area contributed by atoms with Gasteiger partial charge >= 0.3 is 0 Å². The maximum absolute atomic E-state index is 12.8. The number of benzene rings is 2. The molecule has 0 N–H and O–H groups in total. The Bertz CT molecular complexity index is 971. The van der Waals surface area contributed by atoms with Crippen molar-refractivity contribution in [3.8, 4) is 0 Å². The van der Waals surface area contributed by atoms with E-state index in [-0.39, 0.29) is 11.8 Å². The number of nitrogens with zero attached hydrogens (tertiary/aromatic N) is 3. The number of imidazole rings is 1. The van der Waals surface area contributed by atoms with Crippen LogP contribution in [0.5, 0.6) is 0 Å². The van der Waals surface area contributed by atoms with E-state index in [1.807, 2.05) is 11.0 Å². The molecule has 0 bridgehead atoms. The van der Waals surface area contributed by atoms with Crippen molar-refractivity contribution < 1.29 is 4.79 Å². The second-order valence-electron chi connectivity index (χ2n) is 8.10. The van der Waals surface area contributed by atoms with E-state index in [9.17, 15) is 4.79 Å². The number of carbonyl (C=O) groups is 1. The summed E-state index contributed by atoms with van der Waals surface area (Å²) in [5.41, 5.74) is 4.51. The third kappa shape index (κ3) is 3.44. The lowest BCUT2D eigenvalue weighted by Crippen LogP contribution is -2.24. The van der Waals surface area contributed by atoms with Crippen molar-refractivity contribution in [2.24, 2.45) is 0 Å². The zero-order chi connectivity index (χ0) is 19.7. The number of hydrogen-bond donors (Lipinski definition) is 0. The van der Waals surface area contributed by atoms with E-state index in [2.05, 4.69) is 67.8 Å². The second-order valence-corrected chi connectivity index (χ2v) is 8.10. The molecule has 1 atom stereocenters. The topological polar surface area (TPSA) is 38.1 Å². The van der Waals surface area contributed by atoms with E-state index < -0.39 is 0 Å². The van der Waals surface area contributed by atoms with Crippen LogP contribution in [-0.2, 0) is 11.2 Å². The predicted octanol–water partition coefficient (Wildman–Crippen LogP) is 5.48. The molecule has 0 saturated carbocycles. The van der Waals surface area contributed by atoms with E-state index in [0.717, 1.165) is 29.0 Å². The highest BCUT2D eigenvalue weighted by Crippen LogP contribution is 2.34. The standard InChI is InChI=1S/C24H29N3O/c1-4-5-8-18-11-13-20(14-12-18)26-16-19(15-23(26)28)24-25-21-9-6-7-10-22(21)27(24)17(2)3/h6-7,9-14,17,19H,4-5,8,15-16H2,1-3H3/t19-/m0/s1. The lowest BCUT2D eigenvalue weighted by atomic mass is 10.1. The van der Waals surface area contributed by atoms with Crippen molar-refractivity contribution in [2.45, 2.75) is 58.4 Å². The van der Waals surface area contributed by atoms with Crippen molar-refractivity contribution in [3.63, 3.8) is 0 Å². The van der Waals surface area contributed by atoms with Crippen LogP contribution in [0.15, 0.2) is 48.5 Å². The van der Waals surface area contributed by atoms with E-state index in [4.69, 9.17) is 4.98 Å². The van der Waals surface area contributed by atoms with Gasteiger partial charge in [-0.05, 0) is 56.5 Å². The fourth-order valence-electron chi connectivity index (χ4n) is 4.25. The van der Waals surface area contributed by atoms with Gasteiger partial charge in [-0.1, -0.05) is 37.6 Å². The minimum Gasteiger partial charge on any atom is -0.325 e. The average molecular weight is 376 g/mol. The molecule has 1 aliphatic rings. The minimum absolute atomic E-state index is 0.127. The quantitative estimate of drug-likeness (QED) is 0.572. The Labute approximate surface area is 167 Å². The molecule has 3 aromatic rings. The fourth-order valence-corrected chi connectivity index (χ4v) is 4.25. The maximum Gasteiger partial charge on any atom is 0.227 e. The Morgan fingerprint density at radius 3 is 2.57 bits per heavy atom. The lowest BCUT2D eigenvalue weighted by Gasteiger charge is -2.19. The summed E-state index contributed by atoms with van der Waals surface area (Å²) in [7, 11) is 0. The van der Waals surface area contributed by atoms with Crippen LogP contribution in [0.25, 0.3) is 11.0 Å². The van der Waals surface area contributed by atoms with Gasteiger partial charge in [0.1, 0.15) is 5.82 Å². The summed E-state index contributed by atoms with van der Waals surface area (Å²) < 4.78 is 2.30. The van der Waals surface area contributed by atoms with Crippen molar-refractivity contribution in [3.05, 3.63) is 59.9 Å². The van der Waals surface area contributed by atoms with Crippen molar-refractivity contribution in [1.82, 2.24) is 9.55 Å². The molecule has 1 fully saturated rings. The molecular weight excluding hydrogens is 346 g/mol. The first-order chi connectivity index (χ1) is 13.6. The predicted molar refractivity (Wildman–Crippen MR) is 115 cm³/mol. The number of hydrogen-bond acceptors (Lipinski definition) is 2. The number of amides is 1. The van der Waals surface area contributed by atoms with Crippen LogP contribution in [0.3, 0.4) is 0 Å². The number of rotatable bonds is 6. The molecule has 4 heteroatoms. The first kappa shape index (κ1) is 18.7. The summed E-state index contributed by atoms with van der Waals surface area (Å²) >= 11 is 0. The van der Waals surface area contributed by atoms with Crippen LogP contribution < -0.4 is 4.90 Å². The van der Waals surface area contributed by atoms with E-state index in [1.165, 1.54) is 18.4 Å². The fraction of sp³-hybridized carbons (Fsp3) is 0.417. The van der Waals surface area contributed by atoms with Gasteiger partial charge < -0.3 is 9.47 Å². The highest BCUT2D eigenvalue weighted by Gasteiger charge is 2.35. The van der Waals surface area contributed by atoms with Gasteiger partial charge in [0.15, 0.2) is 0 Å². The first-order valence-corrected chi connectivity index (χ1v) is 10.4. The number of para-hydroxylation sites is 2. The van der Waals surface area contributed by atoms with Crippen LogP contribution in [-0.4, -0.2) is 22.0 Å². The molecule has 1 aliphatic heterocycles. The minimum atomic E-state index is 0.127. The third-order valence-corrected chi connectivity index (χ3v) is 5.70. The molecule has 1 aromatic heterocycles. The normalized spacial score (nSPS) is 17.2. The van der Waals surface area contributed by atoms with Crippen molar-refractivity contribution >= 4 is 22.6 Å². The number of aryl methyl sites for hydroxylation is 1. The largest absolute Gasteiger partial charge is 0.325 e. The molecule has 4 nitrogen and oxygen atoms in total. The van der Waals surface area contributed by atoms with E-state index in [0.29, 0.717) is 19.0 Å². The number of aromatic nitrogens is 2. The Hall–Kier alpha value is -2.62. The van der Waals surface area contributed by atoms with Crippen LogP contribution in [0.4, 0.5) is 5.69 Å². The highest BCUT2D eigenvalue weighted by atomic mass is 16.2. The smallest absolute Gasteiger partial charge is 0.227 e. The lowest BCUT2D eigenvalue weighted by molar-refractivity contribution is -0.117. The molecule has 2 aromatic carbocycles. The molecule has 1 saturated heterocycles. The van der Waals surface area contributed by atoms with E-state index >= 15 is 0 Å². The van der Waals surface area contributed by atoms with Crippen LogP contribution in [0.1, 0.15) is 63.4 Å². The van der Waals surface area contributed by atoms with Gasteiger partial charge in [0.05, 0.1) is 11.0 Å². The van der Waals surface area contributed by atoms with Crippen LogP contribution >= 0.6 is 0 Å². The molecular formula is C24H29N3O. The van der Waals surface area contributed by atoms with Gasteiger partial charge in [0, 0.05) is 30.6 Å². The monoisotopic (exact) mass is 375 g/mol. The summed E-state index contributed by atoms with van der Waals surface area (Å²) in [6.07, 6.45) is 4.03. The van der Waals surface area contributed by atoms with E-state index in [1.54, 1.807) is 0 Å². The molecule has 146 valence electrons. The zero-order valence-electron chi connectivity index (χ0n) is 17.1. The number of fused-ring (bicyclic) bond motifs is 1. The van der Waals surface area contributed by atoms with Gasteiger partial charge in [-0.25, -0.2) is 4.98 Å². The van der Waals surface area contributed by atoms with Gasteiger partial charge in [0.25, 0.3) is 0 Å². The Morgan fingerprint density at radius 2 is 1.86 bits per heavy atom. The molecule has 1 amide bonds. The molecule has 2 heterocycles. The van der Waals surface area contributed by atoms with Gasteiger partial charge in [-0.15, -0.1) is 0 Å². The Kier molecular flexibility index (Phi) is 5.21. The first-order valence-electron chi connectivity index (χ1n) is 10.4. The maximum atomic E-state index is 12.8. The van der Waals surface area contributed by atoms with Crippen molar-refractivity contribution in [1.29, 1.82) is 0 Å². The second kappa shape index (κ2) is 7.78. The van der Waals surface area contributed by atoms with Gasteiger partial charge in [-0.2, -0.15) is 0 Å². The van der Waals surface area contributed by atoms with Crippen LogP contribution in [0.2, 0.25) is 0 Å². The highest BCUT2D eigenvalue weighted by molar-refractivity contribution is 5.96. The third-order valence-electron chi connectivity index (χ3n) is 5.70.